The molecule has 0 aliphatic rings. The number of nitrogens with zero attached hydrogens (tertiary/aromatic N) is 1. The van der Waals surface area contributed by atoms with Gasteiger partial charge in [0, 0.05) is 18.8 Å². The van der Waals surface area contributed by atoms with Gasteiger partial charge in [0.1, 0.15) is 5.82 Å². The van der Waals surface area contributed by atoms with Crippen LogP contribution in [0.15, 0.2) is 24.3 Å². The molecule has 0 saturated carbocycles. The van der Waals surface area contributed by atoms with Gasteiger partial charge in [0.15, 0.2) is 6.10 Å². The molecule has 5 heteroatoms. The summed E-state index contributed by atoms with van der Waals surface area (Å²) in [4.78, 5) is 12.8. The summed E-state index contributed by atoms with van der Waals surface area (Å²) < 4.78 is 18.3. The minimum Gasteiger partial charge on any atom is -0.479 e. The van der Waals surface area contributed by atoms with Gasteiger partial charge in [-0.15, -0.1) is 0 Å². The predicted molar refractivity (Wildman–Crippen MR) is 67.3 cm³/mol. The number of ether oxygens (including phenoxy) is 1. The van der Waals surface area contributed by atoms with E-state index in [0.29, 0.717) is 18.8 Å². The zero-order valence-corrected chi connectivity index (χ0v) is 10.6. The van der Waals surface area contributed by atoms with Crippen molar-refractivity contribution in [2.45, 2.75) is 20.0 Å². The first-order valence-electron chi connectivity index (χ1n) is 5.93. The van der Waals surface area contributed by atoms with E-state index in [4.69, 9.17) is 9.84 Å². The first-order valence-corrected chi connectivity index (χ1v) is 5.93. The second kappa shape index (κ2) is 6.96. The van der Waals surface area contributed by atoms with Crippen molar-refractivity contribution in [3.63, 3.8) is 0 Å². The van der Waals surface area contributed by atoms with Crippen molar-refractivity contribution >= 4 is 11.7 Å². The second-order valence-electron chi connectivity index (χ2n) is 3.80. The fourth-order valence-corrected chi connectivity index (χ4v) is 1.69. The van der Waals surface area contributed by atoms with E-state index in [9.17, 15) is 9.18 Å². The standard InChI is InChI=1S/C13H18FNO3/c1-3-15(9-12(13(16)17)18-4-2)11-7-5-6-10(14)8-11/h5-8,12H,3-4,9H2,1-2H3,(H,16,17). The minimum absolute atomic E-state index is 0.198. The third-order valence-corrected chi connectivity index (χ3v) is 2.58. The summed E-state index contributed by atoms with van der Waals surface area (Å²) in [5.41, 5.74) is 0.656. The summed E-state index contributed by atoms with van der Waals surface area (Å²) in [6, 6.07) is 6.09. The summed E-state index contributed by atoms with van der Waals surface area (Å²) in [5, 5.41) is 9.02. The van der Waals surface area contributed by atoms with Gasteiger partial charge in [0.2, 0.25) is 0 Å². The lowest BCUT2D eigenvalue weighted by molar-refractivity contribution is -0.149. The summed E-state index contributed by atoms with van der Waals surface area (Å²) in [7, 11) is 0. The summed E-state index contributed by atoms with van der Waals surface area (Å²) in [5.74, 6) is -1.35. The predicted octanol–water partition coefficient (Wildman–Crippen LogP) is 2.14. The largest absolute Gasteiger partial charge is 0.479 e. The van der Waals surface area contributed by atoms with Gasteiger partial charge in [0.05, 0.1) is 6.54 Å². The molecule has 100 valence electrons. The van der Waals surface area contributed by atoms with Crippen LogP contribution < -0.4 is 4.90 Å². The Morgan fingerprint density at radius 3 is 2.72 bits per heavy atom. The van der Waals surface area contributed by atoms with E-state index in [-0.39, 0.29) is 12.4 Å². The molecule has 0 bridgehead atoms. The molecule has 0 saturated heterocycles. The Morgan fingerprint density at radius 1 is 1.50 bits per heavy atom. The van der Waals surface area contributed by atoms with E-state index in [1.165, 1.54) is 12.1 Å². The minimum atomic E-state index is -1.01. The van der Waals surface area contributed by atoms with Crippen LogP contribution in [-0.2, 0) is 9.53 Å². The van der Waals surface area contributed by atoms with Gasteiger partial charge in [-0.2, -0.15) is 0 Å². The lowest BCUT2D eigenvalue weighted by atomic mass is 10.2. The molecule has 1 N–H and O–H groups in total. The summed E-state index contributed by atoms with van der Waals surface area (Å²) in [6.45, 7) is 4.74. The molecule has 0 aliphatic heterocycles. The molecule has 0 fully saturated rings. The lowest BCUT2D eigenvalue weighted by Crippen LogP contribution is -2.38. The first-order chi connectivity index (χ1) is 8.58. The van der Waals surface area contributed by atoms with Crippen LogP contribution in [0.25, 0.3) is 0 Å². The number of carbonyl (C=O) groups is 1. The molecular weight excluding hydrogens is 237 g/mol. The summed E-state index contributed by atoms with van der Waals surface area (Å²) in [6.07, 6.45) is -0.904. The molecular formula is C13H18FNO3. The van der Waals surface area contributed by atoms with Gasteiger partial charge in [-0.3, -0.25) is 0 Å². The smallest absolute Gasteiger partial charge is 0.334 e. The highest BCUT2D eigenvalue weighted by Crippen LogP contribution is 2.16. The molecule has 1 aromatic rings. The van der Waals surface area contributed by atoms with Gasteiger partial charge < -0.3 is 14.7 Å². The fraction of sp³-hybridized carbons (Fsp3) is 0.462. The number of carboxylic acids is 1. The molecule has 0 aromatic heterocycles. The van der Waals surface area contributed by atoms with E-state index in [1.807, 2.05) is 6.92 Å². The van der Waals surface area contributed by atoms with Crippen molar-refractivity contribution in [2.24, 2.45) is 0 Å². The Hall–Kier alpha value is -1.62. The Bertz CT molecular complexity index is 398. The lowest BCUT2D eigenvalue weighted by Gasteiger charge is -2.26. The number of carboxylic acid groups (broad SMARTS) is 1. The van der Waals surface area contributed by atoms with Crippen LogP contribution in [0.1, 0.15) is 13.8 Å². The molecule has 4 nitrogen and oxygen atoms in total. The molecule has 0 heterocycles. The second-order valence-corrected chi connectivity index (χ2v) is 3.80. The summed E-state index contributed by atoms with van der Waals surface area (Å²) >= 11 is 0. The maximum absolute atomic E-state index is 13.1. The molecule has 0 radical (unpaired) electrons. The number of halogens is 1. The zero-order valence-electron chi connectivity index (χ0n) is 10.6. The molecule has 0 spiro atoms. The van der Waals surface area contributed by atoms with Crippen molar-refractivity contribution in [3.05, 3.63) is 30.1 Å². The van der Waals surface area contributed by atoms with Crippen molar-refractivity contribution in [3.8, 4) is 0 Å². The van der Waals surface area contributed by atoms with Gasteiger partial charge in [-0.05, 0) is 32.0 Å². The number of hydrogen-bond donors (Lipinski definition) is 1. The number of benzene rings is 1. The number of likely N-dealkylation sites (N-methyl/N-ethyl adjacent to an activating group) is 1. The van der Waals surface area contributed by atoms with E-state index < -0.39 is 12.1 Å². The molecule has 1 unspecified atom stereocenters. The number of hydrogen-bond acceptors (Lipinski definition) is 3. The highest BCUT2D eigenvalue weighted by Gasteiger charge is 2.21. The van der Waals surface area contributed by atoms with E-state index in [2.05, 4.69) is 0 Å². The normalized spacial score (nSPS) is 12.2. The van der Waals surface area contributed by atoms with E-state index >= 15 is 0 Å². The Kier molecular flexibility index (Phi) is 5.58. The van der Waals surface area contributed by atoms with Crippen molar-refractivity contribution < 1.29 is 19.0 Å². The third kappa shape index (κ3) is 4.00. The van der Waals surface area contributed by atoms with Gasteiger partial charge in [-0.25, -0.2) is 9.18 Å². The van der Waals surface area contributed by atoms with Crippen LogP contribution in [0.5, 0.6) is 0 Å². The third-order valence-electron chi connectivity index (χ3n) is 2.58. The molecule has 1 atom stereocenters. The average Bonchev–Trinajstić information content (AvgIpc) is 2.34. The number of anilines is 1. The number of rotatable bonds is 7. The monoisotopic (exact) mass is 255 g/mol. The maximum Gasteiger partial charge on any atom is 0.334 e. The van der Waals surface area contributed by atoms with Gasteiger partial charge >= 0.3 is 5.97 Å². The topological polar surface area (TPSA) is 49.8 Å². The molecule has 18 heavy (non-hydrogen) atoms. The van der Waals surface area contributed by atoms with Crippen molar-refractivity contribution in [1.82, 2.24) is 0 Å². The van der Waals surface area contributed by atoms with Crippen LogP contribution in [0.3, 0.4) is 0 Å². The Balaban J connectivity index is 2.80. The Labute approximate surface area is 106 Å². The van der Waals surface area contributed by atoms with Crippen LogP contribution in [-0.4, -0.2) is 36.9 Å². The molecule has 1 rings (SSSR count). The highest BCUT2D eigenvalue weighted by atomic mass is 19.1. The number of aliphatic carboxylic acids is 1. The van der Waals surface area contributed by atoms with Crippen molar-refractivity contribution in [2.75, 3.05) is 24.6 Å². The van der Waals surface area contributed by atoms with E-state index in [1.54, 1.807) is 24.0 Å². The molecule has 0 aliphatic carbocycles. The van der Waals surface area contributed by atoms with Crippen LogP contribution in [0.2, 0.25) is 0 Å². The highest BCUT2D eigenvalue weighted by molar-refractivity contribution is 5.73. The SMILES string of the molecule is CCOC(CN(CC)c1cccc(F)c1)C(=O)O. The quantitative estimate of drug-likeness (QED) is 0.811. The van der Waals surface area contributed by atoms with Crippen LogP contribution in [0, 0.1) is 5.82 Å². The maximum atomic E-state index is 13.1. The van der Waals surface area contributed by atoms with Crippen LogP contribution in [0.4, 0.5) is 10.1 Å². The first kappa shape index (κ1) is 14.4. The van der Waals surface area contributed by atoms with Crippen molar-refractivity contribution in [1.29, 1.82) is 0 Å². The average molecular weight is 255 g/mol. The van der Waals surface area contributed by atoms with E-state index in [0.717, 1.165) is 0 Å². The Morgan fingerprint density at radius 2 is 2.22 bits per heavy atom. The fourth-order valence-electron chi connectivity index (χ4n) is 1.69. The van der Waals surface area contributed by atoms with Crippen LogP contribution >= 0.6 is 0 Å². The van der Waals surface area contributed by atoms with Gasteiger partial charge in [0.25, 0.3) is 0 Å². The zero-order chi connectivity index (χ0) is 13.5. The molecule has 0 amide bonds. The van der Waals surface area contributed by atoms with Gasteiger partial charge in [-0.1, -0.05) is 6.07 Å². The molecule has 1 aromatic carbocycles.